The molecule has 0 aliphatic heterocycles. The third-order valence-corrected chi connectivity index (χ3v) is 5.40. The van der Waals surface area contributed by atoms with E-state index in [1.165, 1.54) is 5.56 Å². The summed E-state index contributed by atoms with van der Waals surface area (Å²) < 4.78 is 18.6. The van der Waals surface area contributed by atoms with Crippen LogP contribution in [0.1, 0.15) is 40.1 Å². The first-order valence-electron chi connectivity index (χ1n) is 10.7. The highest BCUT2D eigenvalue weighted by molar-refractivity contribution is 5.94. The molecule has 1 unspecified atom stereocenters. The molecule has 0 aliphatic rings. The molecule has 2 aromatic carbocycles. The highest BCUT2D eigenvalue weighted by atomic mass is 16.5. The second-order valence-corrected chi connectivity index (χ2v) is 7.82. The molecule has 2 aromatic heterocycles. The number of fused-ring (bicyclic) bond motifs is 1. The molecule has 0 spiro atoms. The van der Waals surface area contributed by atoms with E-state index in [0.717, 1.165) is 16.9 Å². The van der Waals surface area contributed by atoms with Crippen LogP contribution in [0.5, 0.6) is 17.2 Å². The first-order valence-corrected chi connectivity index (χ1v) is 10.7. The van der Waals surface area contributed by atoms with E-state index in [-0.39, 0.29) is 11.9 Å². The number of aryl methyl sites for hydroxylation is 1. The quantitative estimate of drug-likeness (QED) is 0.424. The number of hydrogen-bond donors (Lipinski definition) is 1. The number of nitrogens with one attached hydrogen (secondary N) is 1. The molecule has 0 saturated carbocycles. The van der Waals surface area contributed by atoms with Gasteiger partial charge in [-0.1, -0.05) is 6.07 Å². The fraction of sp³-hybridized carbons (Fsp3) is 0.231. The van der Waals surface area contributed by atoms with Gasteiger partial charge in [0.2, 0.25) is 0 Å². The summed E-state index contributed by atoms with van der Waals surface area (Å²) in [6.45, 7) is 4.29. The van der Waals surface area contributed by atoms with Crippen LogP contribution in [-0.4, -0.2) is 29.5 Å². The molecule has 170 valence electrons. The van der Waals surface area contributed by atoms with Crippen molar-refractivity contribution in [1.29, 1.82) is 0 Å². The van der Waals surface area contributed by atoms with Crippen molar-refractivity contribution in [3.63, 3.8) is 0 Å². The second-order valence-electron chi connectivity index (χ2n) is 7.82. The lowest BCUT2D eigenvalue weighted by Gasteiger charge is -2.18. The van der Waals surface area contributed by atoms with Crippen molar-refractivity contribution < 1.29 is 19.0 Å². The molecular weight excluding hydrogens is 418 g/mol. The number of rotatable bonds is 8. The molecular formula is C26H27N3O4. The average molecular weight is 446 g/mol. The summed E-state index contributed by atoms with van der Waals surface area (Å²) in [7, 11) is 3.21. The van der Waals surface area contributed by atoms with E-state index >= 15 is 0 Å². The smallest absolute Gasteiger partial charge is 0.251 e. The van der Waals surface area contributed by atoms with Gasteiger partial charge in [0.15, 0.2) is 0 Å². The van der Waals surface area contributed by atoms with E-state index in [1.54, 1.807) is 38.5 Å². The maximum atomic E-state index is 12.8. The van der Waals surface area contributed by atoms with Crippen LogP contribution in [0.4, 0.5) is 0 Å². The van der Waals surface area contributed by atoms with Crippen LogP contribution < -0.4 is 19.5 Å². The first kappa shape index (κ1) is 22.2. The number of carbonyl (C=O) groups is 1. The summed E-state index contributed by atoms with van der Waals surface area (Å²) in [6.07, 6.45) is 3.99. The minimum atomic E-state index is -0.267. The highest BCUT2D eigenvalue weighted by Crippen LogP contribution is 2.29. The van der Waals surface area contributed by atoms with Crippen LogP contribution in [-0.2, 0) is 6.61 Å². The summed E-state index contributed by atoms with van der Waals surface area (Å²) in [5.74, 6) is 1.88. The number of nitrogens with zero attached hydrogens (tertiary/aromatic N) is 2. The molecule has 0 bridgehead atoms. The number of ether oxygens (including phenoxy) is 3. The molecule has 0 fully saturated rings. The molecule has 0 radical (unpaired) electrons. The second kappa shape index (κ2) is 9.65. The standard InChI is InChI=1S/C26H27N3O4/c1-17-5-12-25-28-20(15-29(25)14-17)16-33-21-8-6-19(7-9-21)26(30)27-18(2)23-13-22(31-3)10-11-24(23)32-4/h5-15,18H,16H2,1-4H3,(H,27,30). The van der Waals surface area contributed by atoms with E-state index in [1.807, 2.05) is 61.0 Å². The topological polar surface area (TPSA) is 74.1 Å². The molecule has 4 aromatic rings. The Labute approximate surface area is 192 Å². The Balaban J connectivity index is 1.38. The van der Waals surface area contributed by atoms with Crippen LogP contribution in [0.25, 0.3) is 5.65 Å². The Hall–Kier alpha value is -4.00. The summed E-state index contributed by atoms with van der Waals surface area (Å²) in [5, 5.41) is 3.01. The Morgan fingerprint density at radius 3 is 2.48 bits per heavy atom. The van der Waals surface area contributed by atoms with Crippen molar-refractivity contribution in [3.8, 4) is 17.2 Å². The van der Waals surface area contributed by atoms with Crippen LogP contribution >= 0.6 is 0 Å². The molecule has 0 saturated heterocycles. The van der Waals surface area contributed by atoms with E-state index in [9.17, 15) is 4.79 Å². The van der Waals surface area contributed by atoms with Gasteiger partial charge in [-0.05, 0) is 67.9 Å². The maximum absolute atomic E-state index is 12.8. The van der Waals surface area contributed by atoms with Crippen molar-refractivity contribution in [2.45, 2.75) is 26.5 Å². The zero-order valence-electron chi connectivity index (χ0n) is 19.2. The molecule has 33 heavy (non-hydrogen) atoms. The van der Waals surface area contributed by atoms with E-state index in [2.05, 4.69) is 10.3 Å². The van der Waals surface area contributed by atoms with Crippen LogP contribution in [0, 0.1) is 6.92 Å². The Morgan fingerprint density at radius 1 is 1.00 bits per heavy atom. The zero-order chi connectivity index (χ0) is 23.4. The van der Waals surface area contributed by atoms with Crippen molar-refractivity contribution >= 4 is 11.6 Å². The fourth-order valence-corrected chi connectivity index (χ4v) is 3.62. The molecule has 1 amide bonds. The summed E-state index contributed by atoms with van der Waals surface area (Å²) in [4.78, 5) is 17.3. The van der Waals surface area contributed by atoms with Crippen molar-refractivity contribution in [2.75, 3.05) is 14.2 Å². The van der Waals surface area contributed by atoms with Gasteiger partial charge in [-0.15, -0.1) is 0 Å². The number of pyridine rings is 1. The summed E-state index contributed by atoms with van der Waals surface area (Å²) in [5.41, 5.74) is 4.27. The van der Waals surface area contributed by atoms with Gasteiger partial charge < -0.3 is 23.9 Å². The Morgan fingerprint density at radius 2 is 1.76 bits per heavy atom. The molecule has 4 rings (SSSR count). The van der Waals surface area contributed by atoms with Gasteiger partial charge in [-0.25, -0.2) is 4.98 Å². The van der Waals surface area contributed by atoms with Crippen molar-refractivity contribution in [3.05, 3.63) is 89.4 Å². The van der Waals surface area contributed by atoms with Gasteiger partial charge in [-0.2, -0.15) is 0 Å². The minimum absolute atomic E-state index is 0.186. The lowest BCUT2D eigenvalue weighted by atomic mass is 10.1. The van der Waals surface area contributed by atoms with Gasteiger partial charge in [-0.3, -0.25) is 4.79 Å². The Bertz CT molecular complexity index is 1260. The van der Waals surface area contributed by atoms with Gasteiger partial charge in [0.25, 0.3) is 5.91 Å². The highest BCUT2D eigenvalue weighted by Gasteiger charge is 2.16. The van der Waals surface area contributed by atoms with Crippen molar-refractivity contribution in [2.24, 2.45) is 0 Å². The van der Waals surface area contributed by atoms with Crippen LogP contribution in [0.3, 0.4) is 0 Å². The monoisotopic (exact) mass is 445 g/mol. The maximum Gasteiger partial charge on any atom is 0.251 e. The van der Waals surface area contributed by atoms with E-state index < -0.39 is 0 Å². The number of aromatic nitrogens is 2. The Kier molecular flexibility index (Phi) is 6.49. The van der Waals surface area contributed by atoms with Gasteiger partial charge in [0.05, 0.1) is 26.0 Å². The predicted octanol–water partition coefficient (Wildman–Crippen LogP) is 4.73. The molecule has 1 N–H and O–H groups in total. The predicted molar refractivity (Wildman–Crippen MR) is 126 cm³/mol. The van der Waals surface area contributed by atoms with Gasteiger partial charge in [0, 0.05) is 23.5 Å². The van der Waals surface area contributed by atoms with Gasteiger partial charge >= 0.3 is 0 Å². The largest absolute Gasteiger partial charge is 0.497 e. The number of benzene rings is 2. The molecule has 2 heterocycles. The molecule has 1 atom stereocenters. The molecule has 7 nitrogen and oxygen atoms in total. The third-order valence-electron chi connectivity index (χ3n) is 5.40. The number of carbonyl (C=O) groups excluding carboxylic acids is 1. The third kappa shape index (κ3) is 5.09. The lowest BCUT2D eigenvalue weighted by Crippen LogP contribution is -2.26. The van der Waals surface area contributed by atoms with Crippen LogP contribution in [0.2, 0.25) is 0 Å². The van der Waals surface area contributed by atoms with Gasteiger partial charge in [0.1, 0.15) is 29.5 Å². The number of amides is 1. The molecule has 0 aliphatic carbocycles. The lowest BCUT2D eigenvalue weighted by molar-refractivity contribution is 0.0939. The SMILES string of the molecule is COc1ccc(OC)c(C(C)NC(=O)c2ccc(OCc3cn4cc(C)ccc4n3)cc2)c1. The number of imidazole rings is 1. The number of hydrogen-bond acceptors (Lipinski definition) is 5. The average Bonchev–Trinajstić information content (AvgIpc) is 3.24. The fourth-order valence-electron chi connectivity index (χ4n) is 3.62. The zero-order valence-corrected chi connectivity index (χ0v) is 19.2. The summed E-state index contributed by atoms with van der Waals surface area (Å²) >= 11 is 0. The normalized spacial score (nSPS) is 11.8. The van der Waals surface area contributed by atoms with Crippen LogP contribution in [0.15, 0.2) is 67.0 Å². The first-order chi connectivity index (χ1) is 16.0. The number of methoxy groups -OCH3 is 2. The summed E-state index contributed by atoms with van der Waals surface area (Å²) in [6, 6.07) is 16.3. The van der Waals surface area contributed by atoms with E-state index in [4.69, 9.17) is 14.2 Å². The van der Waals surface area contributed by atoms with Crippen molar-refractivity contribution in [1.82, 2.24) is 14.7 Å². The minimum Gasteiger partial charge on any atom is -0.497 e. The van der Waals surface area contributed by atoms with E-state index in [0.29, 0.717) is 29.4 Å². The molecule has 7 heteroatoms.